The molecule has 1 N–H and O–H groups in total. The summed E-state index contributed by atoms with van der Waals surface area (Å²) in [7, 11) is 0. The molecular weight excluding hydrogens is 436 g/mol. The van der Waals surface area contributed by atoms with Crippen molar-refractivity contribution in [2.75, 3.05) is 0 Å². The summed E-state index contributed by atoms with van der Waals surface area (Å²) in [6, 6.07) is 2.48. The number of hydrogen-bond acceptors (Lipinski definition) is 3. The van der Waals surface area contributed by atoms with E-state index in [0.29, 0.717) is 16.8 Å². The number of nitriles is 1. The summed E-state index contributed by atoms with van der Waals surface area (Å²) >= 11 is 15.8. The molecule has 0 atom stereocenters. The van der Waals surface area contributed by atoms with Gasteiger partial charge in [-0.05, 0) is 35.5 Å². The van der Waals surface area contributed by atoms with Crippen LogP contribution in [0.4, 0.5) is 22.0 Å². The number of benzene rings is 1. The normalized spacial score (nSPS) is 12.3. The maximum absolute atomic E-state index is 12.9. The van der Waals surface area contributed by atoms with Gasteiger partial charge in [0.05, 0.1) is 15.6 Å². The summed E-state index contributed by atoms with van der Waals surface area (Å²) in [4.78, 5) is 11.5. The molecule has 0 saturated carbocycles. The first-order valence-electron chi connectivity index (χ1n) is 5.92. The maximum atomic E-state index is 12.9. The number of H-pyrrole nitrogens is 1. The van der Waals surface area contributed by atoms with Gasteiger partial charge in [-0.1, -0.05) is 23.2 Å². The maximum Gasteiger partial charge on any atom is 0.416 e. The lowest BCUT2D eigenvalue weighted by Crippen LogP contribution is -2.18. The predicted octanol–water partition coefficient (Wildman–Crippen LogP) is 5.24. The van der Waals surface area contributed by atoms with E-state index in [0.717, 1.165) is 0 Å². The third-order valence-electron chi connectivity index (χ3n) is 2.75. The number of thioether (sulfide) groups is 1. The molecule has 1 aromatic heterocycles. The summed E-state index contributed by atoms with van der Waals surface area (Å²) in [5.74, 6) is 0. The zero-order valence-electron chi connectivity index (χ0n) is 11.4. The molecule has 0 aliphatic carbocycles. The van der Waals surface area contributed by atoms with Crippen molar-refractivity contribution in [3.05, 3.63) is 43.8 Å². The van der Waals surface area contributed by atoms with Crippen molar-refractivity contribution in [1.29, 1.82) is 5.26 Å². The van der Waals surface area contributed by atoms with Crippen molar-refractivity contribution in [2.24, 2.45) is 0 Å². The van der Waals surface area contributed by atoms with E-state index in [9.17, 15) is 26.7 Å². The molecule has 134 valence electrons. The number of aromatic nitrogens is 2. The highest BCUT2D eigenvalue weighted by atomic mass is 35.5. The molecule has 0 bridgehead atoms. The zero-order chi connectivity index (χ0) is 19.2. The van der Waals surface area contributed by atoms with Crippen LogP contribution in [-0.2, 0) is 6.18 Å². The van der Waals surface area contributed by atoms with Crippen LogP contribution in [0.2, 0.25) is 10.0 Å². The second-order valence-electron chi connectivity index (χ2n) is 4.40. The molecule has 0 radical (unpaired) electrons. The molecule has 0 aliphatic rings. The van der Waals surface area contributed by atoms with E-state index in [4.69, 9.17) is 40.1 Å². The van der Waals surface area contributed by atoms with Crippen LogP contribution in [0, 0.1) is 11.3 Å². The lowest BCUT2D eigenvalue weighted by molar-refractivity contribution is -0.137. The van der Waals surface area contributed by atoms with E-state index in [2.05, 4.69) is 5.10 Å². The Balaban J connectivity index is 2.69. The quantitative estimate of drug-likeness (QED) is 0.405. The molecule has 1 aromatic carbocycles. The molecule has 4 nitrogen and oxygen atoms in total. The molecule has 0 amide bonds. The van der Waals surface area contributed by atoms with Gasteiger partial charge in [0.25, 0.3) is 5.56 Å². The topological polar surface area (TPSA) is 61.6 Å². The largest absolute Gasteiger partial charge is 0.416 e. The molecule has 0 saturated heterocycles. The Morgan fingerprint density at radius 2 is 1.68 bits per heavy atom. The van der Waals surface area contributed by atoms with E-state index in [-0.39, 0.29) is 0 Å². The van der Waals surface area contributed by atoms with Gasteiger partial charge in [-0.15, -0.1) is 0 Å². The lowest BCUT2D eigenvalue weighted by Gasteiger charge is -2.12. The third kappa shape index (κ3) is 4.23. The molecule has 25 heavy (non-hydrogen) atoms. The van der Waals surface area contributed by atoms with Gasteiger partial charge in [0, 0.05) is 0 Å². The van der Waals surface area contributed by atoms with Crippen LogP contribution >= 0.6 is 46.6 Å². The van der Waals surface area contributed by atoms with Gasteiger partial charge in [-0.25, -0.2) is 4.68 Å². The van der Waals surface area contributed by atoms with Crippen LogP contribution in [0.1, 0.15) is 11.3 Å². The Labute approximate surface area is 155 Å². The van der Waals surface area contributed by atoms with Crippen LogP contribution < -0.4 is 5.56 Å². The van der Waals surface area contributed by atoms with Crippen molar-refractivity contribution in [2.45, 2.75) is 15.8 Å². The van der Waals surface area contributed by atoms with Crippen LogP contribution in [0.3, 0.4) is 0 Å². The zero-order valence-corrected chi connectivity index (χ0v) is 14.5. The second kappa shape index (κ2) is 6.72. The van der Waals surface area contributed by atoms with Gasteiger partial charge < -0.3 is 0 Å². The van der Waals surface area contributed by atoms with Gasteiger partial charge in [0.15, 0.2) is 5.69 Å². The van der Waals surface area contributed by atoms with E-state index < -0.39 is 60.1 Å². The van der Waals surface area contributed by atoms with Crippen molar-refractivity contribution in [3.8, 4) is 11.8 Å². The van der Waals surface area contributed by atoms with Gasteiger partial charge in [0.2, 0.25) is 0 Å². The fraction of sp³-hybridized carbons (Fsp3) is 0.167. The third-order valence-corrected chi connectivity index (χ3v) is 4.37. The number of aromatic amines is 1. The minimum Gasteiger partial charge on any atom is -0.280 e. The number of nitrogens with one attached hydrogen (secondary N) is 1. The minimum absolute atomic E-state index is 0.408. The summed E-state index contributed by atoms with van der Waals surface area (Å²) < 4.78 is 60.7. The smallest absolute Gasteiger partial charge is 0.280 e. The van der Waals surface area contributed by atoms with Crippen LogP contribution in [0.5, 0.6) is 0 Å². The molecule has 1 heterocycles. The van der Waals surface area contributed by atoms with Crippen molar-refractivity contribution in [1.82, 2.24) is 9.78 Å². The van der Waals surface area contributed by atoms with Crippen LogP contribution in [0.15, 0.2) is 21.8 Å². The SMILES string of the molecule is N#Cc1[nH]n(-c2c(Cl)cc(C(F)(F)F)cc2Cl)c(=O)c1SC(F)(F)Cl. The summed E-state index contributed by atoms with van der Waals surface area (Å²) in [6.45, 7) is 0. The van der Waals surface area contributed by atoms with E-state index >= 15 is 0 Å². The fourth-order valence-corrected chi connectivity index (χ4v) is 3.30. The van der Waals surface area contributed by atoms with E-state index in [1.807, 2.05) is 0 Å². The number of alkyl halides is 6. The van der Waals surface area contributed by atoms with E-state index in [1.54, 1.807) is 0 Å². The average Bonchev–Trinajstić information content (AvgIpc) is 2.73. The van der Waals surface area contributed by atoms with Gasteiger partial charge >= 0.3 is 10.9 Å². The van der Waals surface area contributed by atoms with Gasteiger partial charge in [0.1, 0.15) is 16.7 Å². The molecule has 0 unspecified atom stereocenters. The van der Waals surface area contributed by atoms with E-state index in [1.165, 1.54) is 6.07 Å². The number of halogens is 8. The monoisotopic (exact) mass is 437 g/mol. The first kappa shape index (κ1) is 19.9. The molecule has 0 spiro atoms. The van der Waals surface area contributed by atoms with Crippen molar-refractivity contribution < 1.29 is 22.0 Å². The molecular formula is C12H3Cl3F5N3OS. The Kier molecular flexibility index (Phi) is 5.35. The Morgan fingerprint density at radius 3 is 2.08 bits per heavy atom. The van der Waals surface area contributed by atoms with Crippen molar-refractivity contribution in [3.63, 3.8) is 0 Å². The molecule has 0 fully saturated rings. The Bertz CT molecular complexity index is 903. The predicted molar refractivity (Wildman–Crippen MR) is 82.8 cm³/mol. The first-order chi connectivity index (χ1) is 11.3. The van der Waals surface area contributed by atoms with Gasteiger partial charge in [-0.3, -0.25) is 9.89 Å². The summed E-state index contributed by atoms with van der Waals surface area (Å²) in [5.41, 5.74) is -3.36. The summed E-state index contributed by atoms with van der Waals surface area (Å²) in [5, 5.41) is 9.94. The minimum atomic E-state index is -4.74. The highest BCUT2D eigenvalue weighted by molar-refractivity contribution is 8.01. The van der Waals surface area contributed by atoms with Crippen molar-refractivity contribution >= 4 is 46.6 Å². The molecule has 2 aromatic rings. The number of nitrogens with zero attached hydrogens (tertiary/aromatic N) is 2. The first-order valence-corrected chi connectivity index (χ1v) is 7.87. The highest BCUT2D eigenvalue weighted by Gasteiger charge is 2.34. The lowest BCUT2D eigenvalue weighted by atomic mass is 10.2. The Morgan fingerprint density at radius 1 is 1.16 bits per heavy atom. The fourth-order valence-electron chi connectivity index (χ4n) is 1.81. The standard InChI is InChI=1S/C12H3Cl3F5N3OS/c13-5-1-4(11(16,17)18)2-6(14)8(5)23-10(24)9(7(3-21)22-23)25-12(15,19)20/h1-2,22H. The number of rotatable bonds is 3. The average molecular weight is 439 g/mol. The molecule has 0 aliphatic heterocycles. The van der Waals surface area contributed by atoms with Gasteiger partial charge in [-0.2, -0.15) is 27.2 Å². The highest BCUT2D eigenvalue weighted by Crippen LogP contribution is 2.40. The molecule has 13 heteroatoms. The number of hydrogen-bond donors (Lipinski definition) is 1. The molecule has 2 rings (SSSR count). The van der Waals surface area contributed by atoms with Crippen LogP contribution in [0.25, 0.3) is 5.69 Å². The van der Waals surface area contributed by atoms with Crippen LogP contribution in [-0.4, -0.2) is 14.5 Å². The summed E-state index contributed by atoms with van der Waals surface area (Å²) in [6.07, 6.45) is -4.74. The Hall–Kier alpha value is -1.41. The second-order valence-corrected chi connectivity index (χ2v) is 7.04.